The van der Waals surface area contributed by atoms with Crippen molar-refractivity contribution in [1.29, 1.82) is 0 Å². The van der Waals surface area contributed by atoms with Gasteiger partial charge in [-0.2, -0.15) is 0 Å². The highest BCUT2D eigenvalue weighted by Gasteiger charge is 1.94. The zero-order valence-electron chi connectivity index (χ0n) is 7.85. The largest absolute Gasteiger partial charge is 0.0906 e. The third-order valence-corrected chi connectivity index (χ3v) is 1.88. The molecule has 1 aromatic rings. The van der Waals surface area contributed by atoms with Gasteiger partial charge in [0.1, 0.15) is 0 Å². The van der Waals surface area contributed by atoms with Gasteiger partial charge >= 0.3 is 0 Å². The van der Waals surface area contributed by atoms with Crippen LogP contribution in [0.5, 0.6) is 0 Å². The maximum absolute atomic E-state index is 3.65. The summed E-state index contributed by atoms with van der Waals surface area (Å²) in [5.41, 5.74) is 3.80. The molecular weight excluding hydrogens is 144 g/mol. The second kappa shape index (κ2) is 4.10. The first-order chi connectivity index (χ1) is 5.76. The van der Waals surface area contributed by atoms with Gasteiger partial charge in [-0.1, -0.05) is 43.7 Å². The van der Waals surface area contributed by atoms with Crippen molar-refractivity contribution in [2.24, 2.45) is 0 Å². The lowest BCUT2D eigenvalue weighted by atomic mass is 10.0. The van der Waals surface area contributed by atoms with E-state index in [0.717, 1.165) is 12.0 Å². The van der Waals surface area contributed by atoms with Crippen molar-refractivity contribution in [3.8, 4) is 0 Å². The van der Waals surface area contributed by atoms with E-state index in [1.807, 2.05) is 0 Å². The van der Waals surface area contributed by atoms with Crippen molar-refractivity contribution < 1.29 is 0 Å². The Labute approximate surface area is 74.9 Å². The molecule has 1 rings (SSSR count). The summed E-state index contributed by atoms with van der Waals surface area (Å²) >= 11 is 0. The van der Waals surface area contributed by atoms with Crippen molar-refractivity contribution in [2.45, 2.75) is 26.7 Å². The Hall–Kier alpha value is -1.04. The smallest absolute Gasteiger partial charge is 0.0179 e. The lowest BCUT2D eigenvalue weighted by molar-refractivity contribution is 0.919. The van der Waals surface area contributed by atoms with Crippen LogP contribution in [0.2, 0.25) is 0 Å². The average Bonchev–Trinajstić information content (AvgIpc) is 2.04. The third kappa shape index (κ3) is 2.23. The van der Waals surface area contributed by atoms with Gasteiger partial charge in [0.05, 0.1) is 0 Å². The zero-order chi connectivity index (χ0) is 8.97. The van der Waals surface area contributed by atoms with E-state index < -0.39 is 0 Å². The third-order valence-electron chi connectivity index (χ3n) is 1.88. The van der Waals surface area contributed by atoms with Crippen LogP contribution in [-0.4, -0.2) is 0 Å². The van der Waals surface area contributed by atoms with Gasteiger partial charge in [0.2, 0.25) is 0 Å². The summed E-state index contributed by atoms with van der Waals surface area (Å²) < 4.78 is 0. The van der Waals surface area contributed by atoms with Gasteiger partial charge in [-0.15, -0.1) is 0 Å². The molecule has 0 aliphatic heterocycles. The summed E-state index contributed by atoms with van der Waals surface area (Å²) in [5, 5.41) is 0. The van der Waals surface area contributed by atoms with Gasteiger partial charge in [0.25, 0.3) is 0 Å². The minimum Gasteiger partial charge on any atom is -0.0906 e. The van der Waals surface area contributed by atoms with Crippen molar-refractivity contribution in [1.82, 2.24) is 0 Å². The first-order valence-corrected chi connectivity index (χ1v) is 4.40. The van der Waals surface area contributed by atoms with Gasteiger partial charge in [-0.25, -0.2) is 0 Å². The molecule has 1 aromatic carbocycles. The summed E-state index contributed by atoms with van der Waals surface area (Å²) in [7, 11) is 0. The normalized spacial score (nSPS) is 9.83. The van der Waals surface area contributed by atoms with Gasteiger partial charge < -0.3 is 0 Å². The molecule has 1 radical (unpaired) electrons. The molecule has 63 valence electrons. The second-order valence-electron chi connectivity index (χ2n) is 3.13. The Morgan fingerprint density at radius 3 is 2.67 bits per heavy atom. The maximum atomic E-state index is 3.65. The van der Waals surface area contributed by atoms with Crippen LogP contribution in [0.25, 0.3) is 0 Å². The van der Waals surface area contributed by atoms with Crippen molar-refractivity contribution >= 4 is 0 Å². The summed E-state index contributed by atoms with van der Waals surface area (Å²) in [6.07, 6.45) is 5.26. The predicted octanol–water partition coefficient (Wildman–Crippen LogP) is 3.28. The van der Waals surface area contributed by atoms with Gasteiger partial charge in [0.15, 0.2) is 0 Å². The lowest BCUT2D eigenvalue weighted by Crippen LogP contribution is -1.86. The summed E-state index contributed by atoms with van der Waals surface area (Å²) in [4.78, 5) is 0. The minimum atomic E-state index is 1.11. The number of rotatable bonds is 3. The molecule has 0 saturated carbocycles. The highest BCUT2D eigenvalue weighted by atomic mass is 14.0. The van der Waals surface area contributed by atoms with E-state index in [4.69, 9.17) is 0 Å². The summed E-state index contributed by atoms with van der Waals surface area (Å²) in [6.45, 7) is 7.95. The minimum absolute atomic E-state index is 1.11. The van der Waals surface area contributed by atoms with Gasteiger partial charge in [0, 0.05) is 0 Å². The van der Waals surface area contributed by atoms with E-state index in [-0.39, 0.29) is 0 Å². The summed E-state index contributed by atoms with van der Waals surface area (Å²) in [5.74, 6) is 0. The first kappa shape index (κ1) is 9.05. The van der Waals surface area contributed by atoms with Crippen LogP contribution in [0, 0.1) is 13.0 Å². The Morgan fingerprint density at radius 1 is 1.33 bits per heavy atom. The van der Waals surface area contributed by atoms with E-state index in [0.29, 0.717) is 0 Å². The fourth-order valence-corrected chi connectivity index (χ4v) is 1.40. The van der Waals surface area contributed by atoms with Crippen LogP contribution in [0.4, 0.5) is 0 Å². The van der Waals surface area contributed by atoms with Crippen LogP contribution in [-0.2, 0) is 6.42 Å². The van der Waals surface area contributed by atoms with E-state index >= 15 is 0 Å². The molecule has 0 spiro atoms. The molecular formula is C12H15. The number of aryl methyl sites for hydroxylation is 2. The quantitative estimate of drug-likeness (QED) is 0.635. The maximum Gasteiger partial charge on any atom is -0.0179 e. The molecule has 0 fully saturated rings. The molecule has 0 bridgehead atoms. The topological polar surface area (TPSA) is 0 Å². The molecule has 0 atom stereocenters. The highest BCUT2D eigenvalue weighted by Crippen LogP contribution is 2.11. The van der Waals surface area contributed by atoms with E-state index in [1.165, 1.54) is 17.5 Å². The van der Waals surface area contributed by atoms with Crippen molar-refractivity contribution in [2.75, 3.05) is 0 Å². The fraction of sp³-hybridized carbons (Fsp3) is 0.333. The molecule has 12 heavy (non-hydrogen) atoms. The Kier molecular flexibility index (Phi) is 3.09. The molecule has 0 nitrogen and oxygen atoms in total. The molecule has 0 aliphatic rings. The van der Waals surface area contributed by atoms with E-state index in [1.54, 1.807) is 0 Å². The molecule has 0 aliphatic carbocycles. The number of benzene rings is 1. The first-order valence-electron chi connectivity index (χ1n) is 4.40. The van der Waals surface area contributed by atoms with Crippen molar-refractivity contribution in [3.63, 3.8) is 0 Å². The van der Waals surface area contributed by atoms with Gasteiger partial charge in [-0.3, -0.25) is 0 Å². The van der Waals surface area contributed by atoms with Crippen molar-refractivity contribution in [3.05, 3.63) is 47.5 Å². The Bertz CT molecular complexity index is 271. The molecule has 0 aromatic heterocycles. The summed E-state index contributed by atoms with van der Waals surface area (Å²) in [6, 6.07) is 6.49. The van der Waals surface area contributed by atoms with E-state index in [9.17, 15) is 0 Å². The Balaban J connectivity index is 2.97. The molecule has 0 N–H and O–H groups in total. The molecule has 0 heterocycles. The molecule has 0 unspecified atom stereocenters. The molecule has 0 amide bonds. The highest BCUT2D eigenvalue weighted by molar-refractivity contribution is 5.32. The van der Waals surface area contributed by atoms with Crippen LogP contribution in [0.15, 0.2) is 24.8 Å². The molecule has 0 saturated heterocycles. The Morgan fingerprint density at radius 2 is 2.08 bits per heavy atom. The predicted molar refractivity (Wildman–Crippen MR) is 53.1 cm³/mol. The standard InChI is InChI=1S/C12H15/c1-4-6-12-8-10(3)7-11(5-2)9-12/h7-9H,2,4,6H2,1,3H3. The fourth-order valence-electron chi connectivity index (χ4n) is 1.40. The zero-order valence-corrected chi connectivity index (χ0v) is 7.85. The van der Waals surface area contributed by atoms with Crippen LogP contribution in [0.3, 0.4) is 0 Å². The van der Waals surface area contributed by atoms with Gasteiger partial charge in [-0.05, 0) is 30.5 Å². The SMILES string of the molecule is C=[C]c1cc(C)cc(CCC)c1. The molecule has 0 heteroatoms. The van der Waals surface area contributed by atoms with E-state index in [2.05, 4.69) is 44.7 Å². The second-order valence-corrected chi connectivity index (χ2v) is 3.13. The number of hydrogen-bond donors (Lipinski definition) is 0. The monoisotopic (exact) mass is 159 g/mol. The van der Waals surface area contributed by atoms with Crippen LogP contribution < -0.4 is 0 Å². The lowest BCUT2D eigenvalue weighted by Gasteiger charge is -2.02. The number of hydrogen-bond acceptors (Lipinski definition) is 0. The van der Waals surface area contributed by atoms with Crippen LogP contribution >= 0.6 is 0 Å². The average molecular weight is 159 g/mol. The van der Waals surface area contributed by atoms with Crippen LogP contribution in [0.1, 0.15) is 30.0 Å².